The maximum atomic E-state index is 12.1. The summed E-state index contributed by atoms with van der Waals surface area (Å²) >= 11 is 0. The molecule has 20 heavy (non-hydrogen) atoms. The molecule has 4 nitrogen and oxygen atoms in total. The van der Waals surface area contributed by atoms with Gasteiger partial charge in [0.2, 0.25) is 5.91 Å². The highest BCUT2D eigenvalue weighted by Crippen LogP contribution is 2.21. The number of likely N-dealkylation sites (tertiary alicyclic amines) is 2. The lowest BCUT2D eigenvalue weighted by Gasteiger charge is -2.34. The average molecular weight is 281 g/mol. The van der Waals surface area contributed by atoms with E-state index in [2.05, 4.69) is 9.80 Å². The number of nitrogens with two attached hydrogens (primary N) is 1. The van der Waals surface area contributed by atoms with Crippen LogP contribution in [0, 0.1) is 5.92 Å². The van der Waals surface area contributed by atoms with Crippen LogP contribution in [-0.4, -0.2) is 55.0 Å². The van der Waals surface area contributed by atoms with Crippen molar-refractivity contribution in [1.29, 1.82) is 0 Å². The number of hydrogen-bond acceptors (Lipinski definition) is 3. The highest BCUT2D eigenvalue weighted by atomic mass is 16.2. The molecule has 2 aliphatic rings. The summed E-state index contributed by atoms with van der Waals surface area (Å²) in [7, 11) is 0. The molecule has 2 aliphatic heterocycles. The lowest BCUT2D eigenvalue weighted by atomic mass is 9.96. The molecule has 0 saturated carbocycles. The van der Waals surface area contributed by atoms with Gasteiger partial charge >= 0.3 is 0 Å². The number of carbonyl (C=O) groups excluding carboxylic acids is 1. The minimum absolute atomic E-state index is 0.363. The van der Waals surface area contributed by atoms with Gasteiger partial charge in [-0.2, -0.15) is 0 Å². The van der Waals surface area contributed by atoms with Crippen molar-refractivity contribution in [3.8, 4) is 0 Å². The molecule has 0 radical (unpaired) electrons. The van der Waals surface area contributed by atoms with E-state index in [9.17, 15) is 4.79 Å². The molecule has 0 spiro atoms. The number of rotatable bonds is 7. The number of carbonyl (C=O) groups is 1. The van der Waals surface area contributed by atoms with E-state index in [1.807, 2.05) is 0 Å². The third kappa shape index (κ3) is 5.06. The summed E-state index contributed by atoms with van der Waals surface area (Å²) in [6, 6.07) is 0. The quantitative estimate of drug-likeness (QED) is 0.724. The molecule has 0 aromatic rings. The topological polar surface area (TPSA) is 49.6 Å². The second-order valence-electron chi connectivity index (χ2n) is 6.43. The maximum Gasteiger partial charge on any atom is 0.222 e. The van der Waals surface area contributed by atoms with Crippen LogP contribution < -0.4 is 5.73 Å². The number of amides is 1. The van der Waals surface area contributed by atoms with Crippen LogP contribution in [0.2, 0.25) is 0 Å². The van der Waals surface area contributed by atoms with Gasteiger partial charge in [0.05, 0.1) is 0 Å². The third-order valence-corrected chi connectivity index (χ3v) is 4.78. The maximum absolute atomic E-state index is 12.1. The van der Waals surface area contributed by atoms with Crippen LogP contribution in [0.25, 0.3) is 0 Å². The average Bonchev–Trinajstić information content (AvgIpc) is 2.97. The molecular formula is C16H31N3O. The summed E-state index contributed by atoms with van der Waals surface area (Å²) in [6.07, 6.45) is 9.01. The Morgan fingerprint density at radius 2 is 1.70 bits per heavy atom. The molecule has 2 heterocycles. The van der Waals surface area contributed by atoms with E-state index in [1.54, 1.807) is 0 Å². The van der Waals surface area contributed by atoms with E-state index < -0.39 is 0 Å². The van der Waals surface area contributed by atoms with E-state index in [1.165, 1.54) is 45.3 Å². The van der Waals surface area contributed by atoms with Crippen molar-refractivity contribution in [3.63, 3.8) is 0 Å². The van der Waals surface area contributed by atoms with Gasteiger partial charge in [-0.1, -0.05) is 6.42 Å². The zero-order chi connectivity index (χ0) is 14.2. The fourth-order valence-corrected chi connectivity index (χ4v) is 3.45. The van der Waals surface area contributed by atoms with E-state index >= 15 is 0 Å². The fraction of sp³-hybridized carbons (Fsp3) is 0.938. The molecule has 116 valence electrons. The lowest BCUT2D eigenvalue weighted by molar-refractivity contribution is -0.132. The van der Waals surface area contributed by atoms with Crippen LogP contribution in [0.5, 0.6) is 0 Å². The standard InChI is InChI=1S/C16H31N3O/c17-9-3-1-2-6-16(20)19-12-7-15(8-13-19)14-18-10-4-5-11-18/h15H,1-14,17H2. The molecule has 2 rings (SSSR count). The van der Waals surface area contributed by atoms with Crippen LogP contribution in [0.4, 0.5) is 0 Å². The second-order valence-corrected chi connectivity index (χ2v) is 6.43. The number of nitrogens with zero attached hydrogens (tertiary/aromatic N) is 2. The van der Waals surface area contributed by atoms with E-state index in [4.69, 9.17) is 5.73 Å². The summed E-state index contributed by atoms with van der Waals surface area (Å²) in [4.78, 5) is 16.8. The van der Waals surface area contributed by atoms with Gasteiger partial charge in [0, 0.05) is 26.1 Å². The number of hydrogen-bond donors (Lipinski definition) is 1. The predicted octanol–water partition coefficient (Wildman–Crippen LogP) is 1.84. The molecule has 0 aliphatic carbocycles. The van der Waals surface area contributed by atoms with Crippen LogP contribution in [0.1, 0.15) is 51.4 Å². The Bertz CT molecular complexity index is 281. The molecule has 2 saturated heterocycles. The van der Waals surface area contributed by atoms with Crippen molar-refractivity contribution in [3.05, 3.63) is 0 Å². The van der Waals surface area contributed by atoms with E-state index in [0.29, 0.717) is 5.91 Å². The Kier molecular flexibility index (Phi) is 6.80. The molecule has 2 N–H and O–H groups in total. The Morgan fingerprint density at radius 1 is 1.00 bits per heavy atom. The molecule has 2 fully saturated rings. The fourth-order valence-electron chi connectivity index (χ4n) is 3.45. The molecule has 0 aromatic carbocycles. The van der Waals surface area contributed by atoms with Gasteiger partial charge < -0.3 is 15.5 Å². The van der Waals surface area contributed by atoms with E-state index in [-0.39, 0.29) is 0 Å². The molecule has 0 aromatic heterocycles. The summed E-state index contributed by atoms with van der Waals surface area (Å²) < 4.78 is 0. The molecule has 0 atom stereocenters. The Balaban J connectivity index is 1.59. The van der Waals surface area contributed by atoms with Crippen molar-refractivity contribution < 1.29 is 4.79 Å². The highest BCUT2D eigenvalue weighted by Gasteiger charge is 2.24. The summed E-state index contributed by atoms with van der Waals surface area (Å²) in [5, 5.41) is 0. The first-order valence-corrected chi connectivity index (χ1v) is 8.50. The minimum Gasteiger partial charge on any atom is -0.343 e. The van der Waals surface area contributed by atoms with Crippen LogP contribution in [0.3, 0.4) is 0 Å². The van der Waals surface area contributed by atoms with Crippen molar-refractivity contribution in [2.45, 2.75) is 51.4 Å². The molecule has 0 bridgehead atoms. The minimum atomic E-state index is 0.363. The molecule has 1 amide bonds. The lowest BCUT2D eigenvalue weighted by Crippen LogP contribution is -2.41. The van der Waals surface area contributed by atoms with Crippen molar-refractivity contribution in [1.82, 2.24) is 9.80 Å². The Hall–Kier alpha value is -0.610. The highest BCUT2D eigenvalue weighted by molar-refractivity contribution is 5.76. The summed E-state index contributed by atoms with van der Waals surface area (Å²) in [5.74, 6) is 1.18. The van der Waals surface area contributed by atoms with Gasteiger partial charge in [0.1, 0.15) is 0 Å². The van der Waals surface area contributed by atoms with Gasteiger partial charge in [0.25, 0.3) is 0 Å². The number of unbranched alkanes of at least 4 members (excludes halogenated alkanes) is 2. The largest absolute Gasteiger partial charge is 0.343 e. The van der Waals surface area contributed by atoms with E-state index in [0.717, 1.165) is 51.2 Å². The zero-order valence-corrected chi connectivity index (χ0v) is 12.9. The monoisotopic (exact) mass is 281 g/mol. The zero-order valence-electron chi connectivity index (χ0n) is 12.9. The van der Waals surface area contributed by atoms with Crippen molar-refractivity contribution in [2.24, 2.45) is 11.7 Å². The molecule has 4 heteroatoms. The van der Waals surface area contributed by atoms with Gasteiger partial charge in [-0.15, -0.1) is 0 Å². The normalized spacial score (nSPS) is 21.6. The van der Waals surface area contributed by atoms with Crippen molar-refractivity contribution in [2.75, 3.05) is 39.3 Å². The number of piperidine rings is 1. The van der Waals surface area contributed by atoms with Crippen LogP contribution in [-0.2, 0) is 4.79 Å². The van der Waals surface area contributed by atoms with Gasteiger partial charge in [-0.05, 0) is 64.1 Å². The predicted molar refractivity (Wildman–Crippen MR) is 82.5 cm³/mol. The van der Waals surface area contributed by atoms with Crippen molar-refractivity contribution >= 4 is 5.91 Å². The second kappa shape index (κ2) is 8.63. The van der Waals surface area contributed by atoms with Crippen LogP contribution >= 0.6 is 0 Å². The first kappa shape index (κ1) is 15.8. The Morgan fingerprint density at radius 3 is 2.35 bits per heavy atom. The summed E-state index contributed by atoms with van der Waals surface area (Å²) in [5.41, 5.74) is 5.47. The van der Waals surface area contributed by atoms with Crippen LogP contribution in [0.15, 0.2) is 0 Å². The third-order valence-electron chi connectivity index (χ3n) is 4.78. The smallest absolute Gasteiger partial charge is 0.222 e. The first-order chi connectivity index (χ1) is 9.79. The van der Waals surface area contributed by atoms with Gasteiger partial charge in [-0.25, -0.2) is 0 Å². The SMILES string of the molecule is NCCCCCC(=O)N1CCC(CN2CCCC2)CC1. The molecule has 0 unspecified atom stereocenters. The first-order valence-electron chi connectivity index (χ1n) is 8.50. The Labute approximate surface area is 123 Å². The molecular weight excluding hydrogens is 250 g/mol. The van der Waals surface area contributed by atoms with Gasteiger partial charge in [0.15, 0.2) is 0 Å². The summed E-state index contributed by atoms with van der Waals surface area (Å²) in [6.45, 7) is 6.55. The van der Waals surface area contributed by atoms with Gasteiger partial charge in [-0.3, -0.25) is 4.79 Å².